The van der Waals surface area contributed by atoms with Crippen LogP contribution < -0.4 is 10.1 Å². The second kappa shape index (κ2) is 6.58. The van der Waals surface area contributed by atoms with Crippen LogP contribution in [0.3, 0.4) is 0 Å². The van der Waals surface area contributed by atoms with Gasteiger partial charge in [-0.25, -0.2) is 9.67 Å². The topological polar surface area (TPSA) is 94.8 Å². The molecule has 8 nitrogen and oxygen atoms in total. The first-order valence-electron chi connectivity index (χ1n) is 6.46. The van der Waals surface area contributed by atoms with Crippen molar-refractivity contribution in [2.45, 2.75) is 19.1 Å². The summed E-state index contributed by atoms with van der Waals surface area (Å²) in [6.45, 7) is 0.180. The van der Waals surface area contributed by atoms with Gasteiger partial charge in [0.1, 0.15) is 5.69 Å². The van der Waals surface area contributed by atoms with Gasteiger partial charge in [-0.1, -0.05) is 6.07 Å². The Kier molecular flexibility index (Phi) is 4.77. The second-order valence-corrected chi connectivity index (χ2v) is 4.62. The fourth-order valence-electron chi connectivity index (χ4n) is 1.72. The molecule has 0 bridgehead atoms. The van der Waals surface area contributed by atoms with Gasteiger partial charge in [-0.2, -0.15) is 13.2 Å². The molecule has 0 saturated heterocycles. The maximum atomic E-state index is 12.1. The standard InChI is InChI=1S/C12H13F3N6O2/c1-7(10-18-19-20-21(10)2)16-11(22)8-4-3-5-9(17-8)23-6-12(13,14)15/h3-5,7H,6H2,1-2H3,(H,16,22)/t7-/m1/s1. The minimum absolute atomic E-state index is 0.0772. The molecule has 23 heavy (non-hydrogen) atoms. The van der Waals surface area contributed by atoms with E-state index in [9.17, 15) is 18.0 Å². The third kappa shape index (κ3) is 4.63. The van der Waals surface area contributed by atoms with Crippen LogP contribution in [0.5, 0.6) is 5.88 Å². The molecular weight excluding hydrogens is 317 g/mol. The van der Waals surface area contributed by atoms with Crippen molar-refractivity contribution < 1.29 is 22.7 Å². The van der Waals surface area contributed by atoms with Crippen LogP contribution >= 0.6 is 0 Å². The Hall–Kier alpha value is -2.72. The number of ether oxygens (including phenoxy) is 1. The largest absolute Gasteiger partial charge is 0.468 e. The number of halogens is 3. The first kappa shape index (κ1) is 16.6. The maximum absolute atomic E-state index is 12.1. The zero-order valence-corrected chi connectivity index (χ0v) is 12.2. The number of rotatable bonds is 5. The number of carbonyl (C=O) groups excluding carboxylic acids is 1. The van der Waals surface area contributed by atoms with Crippen molar-refractivity contribution in [1.29, 1.82) is 0 Å². The Morgan fingerprint density at radius 2 is 2.17 bits per heavy atom. The van der Waals surface area contributed by atoms with Crippen molar-refractivity contribution in [2.24, 2.45) is 7.05 Å². The van der Waals surface area contributed by atoms with Crippen molar-refractivity contribution in [1.82, 2.24) is 30.5 Å². The number of aryl methyl sites for hydroxylation is 1. The highest BCUT2D eigenvalue weighted by Crippen LogP contribution is 2.17. The minimum Gasteiger partial charge on any atom is -0.468 e. The molecule has 0 aliphatic heterocycles. The lowest BCUT2D eigenvalue weighted by molar-refractivity contribution is -0.154. The highest BCUT2D eigenvalue weighted by atomic mass is 19.4. The molecule has 11 heteroatoms. The number of amides is 1. The zero-order valence-electron chi connectivity index (χ0n) is 12.2. The molecule has 2 rings (SSSR count). The third-order valence-corrected chi connectivity index (χ3v) is 2.73. The van der Waals surface area contributed by atoms with Gasteiger partial charge in [-0.15, -0.1) is 5.10 Å². The predicted molar refractivity (Wildman–Crippen MR) is 70.5 cm³/mol. The van der Waals surface area contributed by atoms with Crippen molar-refractivity contribution in [3.8, 4) is 5.88 Å². The number of nitrogens with one attached hydrogen (secondary N) is 1. The van der Waals surface area contributed by atoms with Gasteiger partial charge in [0.25, 0.3) is 5.91 Å². The Labute approximate surface area is 128 Å². The molecule has 1 N–H and O–H groups in total. The van der Waals surface area contributed by atoms with Crippen LogP contribution in [0.1, 0.15) is 29.3 Å². The normalized spacial score (nSPS) is 12.7. The molecule has 0 aromatic carbocycles. The number of tetrazole rings is 1. The number of hydrogen-bond acceptors (Lipinski definition) is 6. The van der Waals surface area contributed by atoms with E-state index in [1.165, 1.54) is 22.9 Å². The molecule has 0 fully saturated rings. The Bertz CT molecular complexity index is 687. The molecule has 1 atom stereocenters. The fourth-order valence-corrected chi connectivity index (χ4v) is 1.72. The van der Waals surface area contributed by atoms with Gasteiger partial charge in [0, 0.05) is 13.1 Å². The summed E-state index contributed by atoms with van der Waals surface area (Å²) < 4.78 is 42.2. The highest BCUT2D eigenvalue weighted by molar-refractivity contribution is 5.92. The van der Waals surface area contributed by atoms with Crippen molar-refractivity contribution in [3.63, 3.8) is 0 Å². The van der Waals surface area contributed by atoms with Gasteiger partial charge in [0.05, 0.1) is 6.04 Å². The average Bonchev–Trinajstić information content (AvgIpc) is 2.91. The molecule has 0 aliphatic carbocycles. The molecule has 0 aliphatic rings. The van der Waals surface area contributed by atoms with E-state index in [-0.39, 0.29) is 11.6 Å². The number of hydrogen-bond donors (Lipinski definition) is 1. The highest BCUT2D eigenvalue weighted by Gasteiger charge is 2.28. The van der Waals surface area contributed by atoms with E-state index in [0.29, 0.717) is 5.82 Å². The van der Waals surface area contributed by atoms with Crippen LogP contribution in [-0.4, -0.2) is 43.9 Å². The molecule has 124 valence electrons. The Morgan fingerprint density at radius 1 is 1.43 bits per heavy atom. The van der Waals surface area contributed by atoms with E-state index in [1.807, 2.05) is 0 Å². The summed E-state index contributed by atoms with van der Waals surface area (Å²) >= 11 is 0. The van der Waals surface area contributed by atoms with E-state index >= 15 is 0 Å². The summed E-state index contributed by atoms with van der Waals surface area (Å²) in [7, 11) is 1.61. The van der Waals surface area contributed by atoms with Crippen LogP contribution in [0.15, 0.2) is 18.2 Å². The number of alkyl halides is 3. The molecule has 2 aromatic rings. The van der Waals surface area contributed by atoms with E-state index in [0.717, 1.165) is 0 Å². The predicted octanol–water partition coefficient (Wildman–Crippen LogP) is 1.04. The average molecular weight is 330 g/mol. The van der Waals surface area contributed by atoms with Gasteiger partial charge in [0.15, 0.2) is 12.4 Å². The summed E-state index contributed by atoms with van der Waals surface area (Å²) in [4.78, 5) is 15.8. The minimum atomic E-state index is -4.48. The molecule has 0 unspecified atom stereocenters. The van der Waals surface area contributed by atoms with E-state index in [4.69, 9.17) is 0 Å². The maximum Gasteiger partial charge on any atom is 0.422 e. The quantitative estimate of drug-likeness (QED) is 0.880. The second-order valence-electron chi connectivity index (χ2n) is 4.62. The van der Waals surface area contributed by atoms with Gasteiger partial charge >= 0.3 is 6.18 Å². The lowest BCUT2D eigenvalue weighted by Crippen LogP contribution is -2.29. The van der Waals surface area contributed by atoms with Crippen LogP contribution in [0.2, 0.25) is 0 Å². The summed E-state index contributed by atoms with van der Waals surface area (Å²) in [6.07, 6.45) is -4.48. The molecule has 0 saturated carbocycles. The monoisotopic (exact) mass is 330 g/mol. The van der Waals surface area contributed by atoms with Crippen LogP contribution in [0.4, 0.5) is 13.2 Å². The molecule has 0 spiro atoms. The fraction of sp³-hybridized carbons (Fsp3) is 0.417. The molecule has 1 amide bonds. The Balaban J connectivity index is 2.03. The van der Waals surface area contributed by atoms with Crippen LogP contribution in [-0.2, 0) is 7.05 Å². The SMILES string of the molecule is C[C@@H](NC(=O)c1cccc(OCC(F)(F)F)n1)c1nnnn1C. The molecule has 2 heterocycles. The summed E-state index contributed by atoms with van der Waals surface area (Å²) in [6, 6.07) is 3.46. The van der Waals surface area contributed by atoms with E-state index < -0.39 is 24.7 Å². The summed E-state index contributed by atoms with van der Waals surface area (Å²) in [5.74, 6) is -0.455. The van der Waals surface area contributed by atoms with E-state index in [1.54, 1.807) is 14.0 Å². The lowest BCUT2D eigenvalue weighted by atomic mass is 10.2. The molecule has 2 aromatic heterocycles. The van der Waals surface area contributed by atoms with Crippen molar-refractivity contribution in [3.05, 3.63) is 29.7 Å². The van der Waals surface area contributed by atoms with Gasteiger partial charge in [0.2, 0.25) is 5.88 Å². The smallest absolute Gasteiger partial charge is 0.422 e. The van der Waals surface area contributed by atoms with Crippen LogP contribution in [0.25, 0.3) is 0 Å². The van der Waals surface area contributed by atoms with Crippen molar-refractivity contribution >= 4 is 5.91 Å². The number of nitrogens with zero attached hydrogens (tertiary/aromatic N) is 5. The van der Waals surface area contributed by atoms with Gasteiger partial charge in [-0.3, -0.25) is 4.79 Å². The first-order valence-corrected chi connectivity index (χ1v) is 6.46. The Morgan fingerprint density at radius 3 is 2.78 bits per heavy atom. The zero-order chi connectivity index (χ0) is 17.0. The molecular formula is C12H13F3N6O2. The third-order valence-electron chi connectivity index (χ3n) is 2.73. The number of carbonyl (C=O) groups is 1. The van der Waals surface area contributed by atoms with Crippen molar-refractivity contribution in [2.75, 3.05) is 6.61 Å². The first-order chi connectivity index (χ1) is 10.8. The van der Waals surface area contributed by atoms with Gasteiger partial charge in [-0.05, 0) is 23.4 Å². The lowest BCUT2D eigenvalue weighted by Gasteiger charge is -2.12. The number of aromatic nitrogens is 5. The van der Waals surface area contributed by atoms with E-state index in [2.05, 4.69) is 30.6 Å². The summed E-state index contributed by atoms with van der Waals surface area (Å²) in [5.41, 5.74) is -0.0772. The number of pyridine rings is 1. The van der Waals surface area contributed by atoms with Gasteiger partial charge < -0.3 is 10.1 Å². The molecule has 0 radical (unpaired) electrons. The van der Waals surface area contributed by atoms with Crippen LogP contribution in [0, 0.1) is 0 Å². The summed E-state index contributed by atoms with van der Waals surface area (Å²) in [5, 5.41) is 13.4.